The molecule has 0 spiro atoms. The second-order valence-electron chi connectivity index (χ2n) is 3.41. The lowest BCUT2D eigenvalue weighted by Gasteiger charge is -2.00. The first-order valence-corrected chi connectivity index (χ1v) is 4.92. The van der Waals surface area contributed by atoms with Gasteiger partial charge in [-0.3, -0.25) is 9.48 Å². The number of carbonyl (C=O) groups excluding carboxylic acids is 1. The SMILES string of the molecule is CC(=O)OCCn1cc2cccc(F)c2n1. The summed E-state index contributed by atoms with van der Waals surface area (Å²) >= 11 is 0. The van der Waals surface area contributed by atoms with Gasteiger partial charge in [0.05, 0.1) is 6.54 Å². The lowest BCUT2D eigenvalue weighted by Crippen LogP contribution is -2.08. The zero-order valence-electron chi connectivity index (χ0n) is 8.81. The van der Waals surface area contributed by atoms with E-state index in [2.05, 4.69) is 5.10 Å². The second kappa shape index (κ2) is 4.30. The minimum absolute atomic E-state index is 0.241. The third-order valence-corrected chi connectivity index (χ3v) is 2.16. The van der Waals surface area contributed by atoms with Crippen LogP contribution in [0.15, 0.2) is 24.4 Å². The van der Waals surface area contributed by atoms with Gasteiger partial charge in [-0.2, -0.15) is 5.10 Å². The Morgan fingerprint density at radius 3 is 3.06 bits per heavy atom. The minimum atomic E-state index is -0.344. The van der Waals surface area contributed by atoms with Gasteiger partial charge in [0.2, 0.25) is 0 Å². The van der Waals surface area contributed by atoms with Crippen LogP contribution in [0.1, 0.15) is 6.92 Å². The van der Waals surface area contributed by atoms with Gasteiger partial charge in [-0.25, -0.2) is 4.39 Å². The molecule has 5 heteroatoms. The zero-order chi connectivity index (χ0) is 11.5. The highest BCUT2D eigenvalue weighted by Gasteiger charge is 2.05. The molecule has 0 aliphatic rings. The molecule has 0 atom stereocenters. The fourth-order valence-corrected chi connectivity index (χ4v) is 1.46. The van der Waals surface area contributed by atoms with Crippen molar-refractivity contribution in [2.75, 3.05) is 6.61 Å². The number of hydrogen-bond acceptors (Lipinski definition) is 3. The van der Waals surface area contributed by atoms with Crippen LogP contribution < -0.4 is 0 Å². The molecular weight excluding hydrogens is 211 g/mol. The summed E-state index contributed by atoms with van der Waals surface area (Å²) < 4.78 is 19.6. The molecule has 84 valence electrons. The third-order valence-electron chi connectivity index (χ3n) is 2.16. The van der Waals surface area contributed by atoms with Gasteiger partial charge in [0, 0.05) is 18.5 Å². The highest BCUT2D eigenvalue weighted by Crippen LogP contribution is 2.15. The molecule has 0 aliphatic carbocycles. The molecule has 0 N–H and O–H groups in total. The van der Waals surface area contributed by atoms with Crippen molar-refractivity contribution >= 4 is 16.9 Å². The van der Waals surface area contributed by atoms with Gasteiger partial charge >= 0.3 is 5.97 Å². The van der Waals surface area contributed by atoms with Gasteiger partial charge in [-0.15, -0.1) is 0 Å². The van der Waals surface area contributed by atoms with E-state index in [1.165, 1.54) is 13.0 Å². The quantitative estimate of drug-likeness (QED) is 0.743. The highest BCUT2D eigenvalue weighted by molar-refractivity contribution is 5.78. The van der Waals surface area contributed by atoms with Crippen molar-refractivity contribution in [3.8, 4) is 0 Å². The van der Waals surface area contributed by atoms with Crippen LogP contribution in [0.2, 0.25) is 0 Å². The number of aromatic nitrogens is 2. The average Bonchev–Trinajstić information content (AvgIpc) is 2.61. The molecule has 0 unspecified atom stereocenters. The van der Waals surface area contributed by atoms with Gasteiger partial charge in [0.25, 0.3) is 0 Å². The Balaban J connectivity index is 2.14. The lowest BCUT2D eigenvalue weighted by molar-refractivity contribution is -0.141. The summed E-state index contributed by atoms with van der Waals surface area (Å²) in [5.41, 5.74) is 0.338. The van der Waals surface area contributed by atoms with Crippen LogP contribution in [0.25, 0.3) is 10.9 Å². The maximum atomic E-state index is 13.3. The van der Waals surface area contributed by atoms with Crippen molar-refractivity contribution in [1.29, 1.82) is 0 Å². The predicted molar refractivity (Wildman–Crippen MR) is 56.3 cm³/mol. The predicted octanol–water partition coefficient (Wildman–Crippen LogP) is 1.74. The van der Waals surface area contributed by atoms with E-state index in [4.69, 9.17) is 4.74 Å². The molecule has 0 fully saturated rings. The van der Waals surface area contributed by atoms with Crippen LogP contribution in [-0.4, -0.2) is 22.4 Å². The van der Waals surface area contributed by atoms with Gasteiger partial charge in [-0.05, 0) is 6.07 Å². The summed E-state index contributed by atoms with van der Waals surface area (Å²) in [7, 11) is 0. The monoisotopic (exact) mass is 222 g/mol. The van der Waals surface area contributed by atoms with E-state index < -0.39 is 0 Å². The number of nitrogens with zero attached hydrogens (tertiary/aromatic N) is 2. The van der Waals surface area contributed by atoms with Gasteiger partial charge < -0.3 is 4.74 Å². The molecule has 0 saturated heterocycles. The summed E-state index contributed by atoms with van der Waals surface area (Å²) in [4.78, 5) is 10.5. The standard InChI is InChI=1S/C11H11FN2O2/c1-8(15)16-6-5-14-7-9-3-2-4-10(12)11(9)13-14/h2-4,7H,5-6H2,1H3. The molecule has 4 nitrogen and oxygen atoms in total. The Bertz CT molecular complexity index is 522. The van der Waals surface area contributed by atoms with Crippen LogP contribution in [0.3, 0.4) is 0 Å². The van der Waals surface area contributed by atoms with Crippen LogP contribution in [0, 0.1) is 5.82 Å². The lowest BCUT2D eigenvalue weighted by atomic mass is 10.2. The molecule has 0 aliphatic heterocycles. The molecule has 0 saturated carbocycles. The van der Waals surface area contributed by atoms with Crippen molar-refractivity contribution in [3.63, 3.8) is 0 Å². The second-order valence-corrected chi connectivity index (χ2v) is 3.41. The topological polar surface area (TPSA) is 44.1 Å². The molecular formula is C11H11FN2O2. The van der Waals surface area contributed by atoms with Crippen molar-refractivity contribution in [2.45, 2.75) is 13.5 Å². The number of benzene rings is 1. The number of esters is 1. The van der Waals surface area contributed by atoms with E-state index in [1.807, 2.05) is 0 Å². The van der Waals surface area contributed by atoms with Gasteiger partial charge in [-0.1, -0.05) is 12.1 Å². The molecule has 1 heterocycles. The third kappa shape index (κ3) is 2.18. The first kappa shape index (κ1) is 10.6. The zero-order valence-corrected chi connectivity index (χ0v) is 8.81. The van der Waals surface area contributed by atoms with E-state index in [0.29, 0.717) is 12.1 Å². The van der Waals surface area contributed by atoms with Crippen molar-refractivity contribution in [3.05, 3.63) is 30.2 Å². The van der Waals surface area contributed by atoms with Crippen molar-refractivity contribution in [1.82, 2.24) is 9.78 Å². The molecule has 2 rings (SSSR count). The van der Waals surface area contributed by atoms with Crippen LogP contribution in [-0.2, 0) is 16.1 Å². The summed E-state index contributed by atoms with van der Waals surface area (Å²) in [6.45, 7) is 2.01. The van der Waals surface area contributed by atoms with E-state index >= 15 is 0 Å². The molecule has 1 aromatic heterocycles. The molecule has 2 aromatic rings. The van der Waals surface area contributed by atoms with E-state index in [9.17, 15) is 9.18 Å². The minimum Gasteiger partial charge on any atom is -0.464 e. The Morgan fingerprint density at radius 2 is 2.38 bits per heavy atom. The number of rotatable bonds is 3. The van der Waals surface area contributed by atoms with Crippen LogP contribution >= 0.6 is 0 Å². The average molecular weight is 222 g/mol. The number of ether oxygens (including phenoxy) is 1. The van der Waals surface area contributed by atoms with E-state index in [1.54, 1.807) is 23.0 Å². The Kier molecular flexibility index (Phi) is 2.85. The first-order chi connectivity index (χ1) is 7.66. The maximum Gasteiger partial charge on any atom is 0.302 e. The maximum absolute atomic E-state index is 13.3. The molecule has 1 aromatic carbocycles. The Labute approximate surface area is 91.6 Å². The van der Waals surface area contributed by atoms with Gasteiger partial charge in [0.1, 0.15) is 12.1 Å². The molecule has 0 amide bonds. The number of carbonyl (C=O) groups is 1. The summed E-state index contributed by atoms with van der Waals surface area (Å²) in [5, 5.41) is 4.80. The van der Waals surface area contributed by atoms with Crippen LogP contribution in [0.4, 0.5) is 4.39 Å². The fraction of sp³-hybridized carbons (Fsp3) is 0.273. The van der Waals surface area contributed by atoms with Gasteiger partial charge in [0.15, 0.2) is 5.82 Å². The van der Waals surface area contributed by atoms with E-state index in [0.717, 1.165) is 5.39 Å². The normalized spacial score (nSPS) is 10.6. The highest BCUT2D eigenvalue weighted by atomic mass is 19.1. The number of fused-ring (bicyclic) bond motifs is 1. The Morgan fingerprint density at radius 1 is 1.56 bits per heavy atom. The van der Waals surface area contributed by atoms with Crippen LogP contribution in [0.5, 0.6) is 0 Å². The van der Waals surface area contributed by atoms with Crippen molar-refractivity contribution < 1.29 is 13.9 Å². The number of hydrogen-bond donors (Lipinski definition) is 0. The first-order valence-electron chi connectivity index (χ1n) is 4.92. The van der Waals surface area contributed by atoms with E-state index in [-0.39, 0.29) is 18.4 Å². The summed E-state index contributed by atoms with van der Waals surface area (Å²) in [6.07, 6.45) is 1.72. The molecule has 16 heavy (non-hydrogen) atoms. The summed E-state index contributed by atoms with van der Waals surface area (Å²) in [6, 6.07) is 4.79. The Hall–Kier alpha value is -1.91. The smallest absolute Gasteiger partial charge is 0.302 e. The van der Waals surface area contributed by atoms with Crippen molar-refractivity contribution in [2.24, 2.45) is 0 Å². The fourth-order valence-electron chi connectivity index (χ4n) is 1.46. The largest absolute Gasteiger partial charge is 0.464 e. The molecule has 0 radical (unpaired) electrons. The molecule has 0 bridgehead atoms. The number of halogens is 1. The summed E-state index contributed by atoms with van der Waals surface area (Å²) in [5.74, 6) is -0.674.